The zero-order chi connectivity index (χ0) is 15.5. The SMILES string of the molecule is CC(C)CN1CCOC(CN2CC(C)(OCC(=O)O)C2)C1. The molecule has 0 aliphatic carbocycles. The number of aliphatic carboxylic acids is 1. The highest BCUT2D eigenvalue weighted by Crippen LogP contribution is 2.25. The summed E-state index contributed by atoms with van der Waals surface area (Å²) in [5.74, 6) is -0.227. The van der Waals surface area contributed by atoms with Crippen molar-refractivity contribution in [3.63, 3.8) is 0 Å². The molecule has 0 bridgehead atoms. The van der Waals surface area contributed by atoms with Crippen LogP contribution in [0.15, 0.2) is 0 Å². The molecule has 0 aromatic heterocycles. The molecule has 0 amide bonds. The van der Waals surface area contributed by atoms with E-state index in [1.54, 1.807) is 0 Å². The Morgan fingerprint density at radius 3 is 2.76 bits per heavy atom. The molecule has 0 aromatic carbocycles. The minimum Gasteiger partial charge on any atom is -0.480 e. The second kappa shape index (κ2) is 7.05. The average Bonchev–Trinajstić information content (AvgIpc) is 2.34. The van der Waals surface area contributed by atoms with E-state index in [0.717, 1.165) is 45.9 Å². The minimum atomic E-state index is -0.908. The third kappa shape index (κ3) is 5.21. The van der Waals surface area contributed by atoms with Crippen molar-refractivity contribution in [3.8, 4) is 0 Å². The smallest absolute Gasteiger partial charge is 0.329 e. The van der Waals surface area contributed by atoms with Gasteiger partial charge < -0.3 is 14.6 Å². The fourth-order valence-corrected chi connectivity index (χ4v) is 3.22. The Morgan fingerprint density at radius 2 is 2.14 bits per heavy atom. The zero-order valence-corrected chi connectivity index (χ0v) is 13.4. The molecule has 2 aliphatic rings. The van der Waals surface area contributed by atoms with Gasteiger partial charge in [0.05, 0.1) is 18.3 Å². The highest BCUT2D eigenvalue weighted by Gasteiger charge is 2.41. The fourth-order valence-electron chi connectivity index (χ4n) is 3.22. The first-order chi connectivity index (χ1) is 9.86. The molecule has 2 fully saturated rings. The van der Waals surface area contributed by atoms with E-state index in [1.165, 1.54) is 0 Å². The Kier molecular flexibility index (Phi) is 5.60. The molecule has 0 radical (unpaired) electrons. The van der Waals surface area contributed by atoms with Gasteiger partial charge in [-0.3, -0.25) is 9.80 Å². The lowest BCUT2D eigenvalue weighted by Gasteiger charge is -2.49. The second-order valence-electron chi connectivity index (χ2n) is 6.95. The van der Waals surface area contributed by atoms with E-state index in [1.807, 2.05) is 6.92 Å². The normalized spacial score (nSPS) is 26.8. The van der Waals surface area contributed by atoms with E-state index in [9.17, 15) is 4.79 Å². The van der Waals surface area contributed by atoms with Gasteiger partial charge in [-0.2, -0.15) is 0 Å². The Bertz CT molecular complexity index is 356. The molecule has 2 saturated heterocycles. The van der Waals surface area contributed by atoms with Crippen molar-refractivity contribution in [2.45, 2.75) is 32.5 Å². The quantitative estimate of drug-likeness (QED) is 0.739. The predicted octanol–water partition coefficient (Wildman–Crippen LogP) is 0.519. The van der Waals surface area contributed by atoms with Crippen molar-refractivity contribution in [3.05, 3.63) is 0 Å². The van der Waals surface area contributed by atoms with Crippen molar-refractivity contribution < 1.29 is 19.4 Å². The number of nitrogens with zero attached hydrogens (tertiary/aromatic N) is 2. The van der Waals surface area contributed by atoms with Gasteiger partial charge in [0.1, 0.15) is 6.61 Å². The van der Waals surface area contributed by atoms with Gasteiger partial charge in [-0.1, -0.05) is 13.8 Å². The molecule has 0 saturated carbocycles. The number of morpholine rings is 1. The summed E-state index contributed by atoms with van der Waals surface area (Å²) in [5, 5.41) is 8.66. The number of ether oxygens (including phenoxy) is 2. The molecule has 1 atom stereocenters. The van der Waals surface area contributed by atoms with Crippen LogP contribution in [-0.4, -0.2) is 85.1 Å². The number of hydrogen-bond acceptors (Lipinski definition) is 5. The molecule has 1 unspecified atom stereocenters. The number of likely N-dealkylation sites (tertiary alicyclic amines) is 1. The van der Waals surface area contributed by atoms with Gasteiger partial charge in [-0.15, -0.1) is 0 Å². The van der Waals surface area contributed by atoms with Crippen LogP contribution in [0.1, 0.15) is 20.8 Å². The first kappa shape index (κ1) is 16.7. The van der Waals surface area contributed by atoms with Gasteiger partial charge in [0.2, 0.25) is 0 Å². The van der Waals surface area contributed by atoms with Crippen LogP contribution in [-0.2, 0) is 14.3 Å². The molecule has 21 heavy (non-hydrogen) atoms. The van der Waals surface area contributed by atoms with Gasteiger partial charge in [0, 0.05) is 39.3 Å². The molecular weight excluding hydrogens is 272 g/mol. The first-order valence-corrected chi connectivity index (χ1v) is 7.78. The highest BCUT2D eigenvalue weighted by atomic mass is 16.5. The van der Waals surface area contributed by atoms with Crippen LogP contribution in [0.5, 0.6) is 0 Å². The summed E-state index contributed by atoms with van der Waals surface area (Å²) in [5.41, 5.74) is -0.315. The third-order valence-electron chi connectivity index (χ3n) is 3.97. The van der Waals surface area contributed by atoms with Crippen molar-refractivity contribution in [1.29, 1.82) is 0 Å². The summed E-state index contributed by atoms with van der Waals surface area (Å²) in [4.78, 5) is 15.3. The largest absolute Gasteiger partial charge is 0.480 e. The van der Waals surface area contributed by atoms with Gasteiger partial charge in [-0.05, 0) is 12.8 Å². The maximum absolute atomic E-state index is 10.5. The van der Waals surface area contributed by atoms with Crippen LogP contribution in [0.3, 0.4) is 0 Å². The monoisotopic (exact) mass is 300 g/mol. The van der Waals surface area contributed by atoms with E-state index in [-0.39, 0.29) is 18.3 Å². The fraction of sp³-hybridized carbons (Fsp3) is 0.933. The summed E-state index contributed by atoms with van der Waals surface area (Å²) in [7, 11) is 0. The van der Waals surface area contributed by atoms with Gasteiger partial charge >= 0.3 is 5.97 Å². The number of hydrogen-bond donors (Lipinski definition) is 1. The van der Waals surface area contributed by atoms with E-state index in [4.69, 9.17) is 14.6 Å². The van der Waals surface area contributed by atoms with E-state index < -0.39 is 5.97 Å². The van der Waals surface area contributed by atoms with Gasteiger partial charge in [0.15, 0.2) is 0 Å². The lowest BCUT2D eigenvalue weighted by atomic mass is 9.95. The number of carboxylic acids is 1. The van der Waals surface area contributed by atoms with Crippen LogP contribution in [0, 0.1) is 5.92 Å². The molecule has 1 N–H and O–H groups in total. The summed E-state index contributed by atoms with van der Waals surface area (Å²) in [6, 6.07) is 0. The van der Waals surface area contributed by atoms with Gasteiger partial charge in [-0.25, -0.2) is 4.79 Å². The summed E-state index contributed by atoms with van der Waals surface area (Å²) < 4.78 is 11.3. The molecule has 122 valence electrons. The predicted molar refractivity (Wildman–Crippen MR) is 79.5 cm³/mol. The Hall–Kier alpha value is -0.690. The summed E-state index contributed by atoms with van der Waals surface area (Å²) >= 11 is 0. The standard InChI is InChI=1S/C15H28N2O4/c1-12(2)6-16-4-5-20-13(7-16)8-17-10-15(3,11-17)21-9-14(18)19/h12-13H,4-11H2,1-3H3,(H,18,19). The third-order valence-corrected chi connectivity index (χ3v) is 3.97. The van der Waals surface area contributed by atoms with Crippen LogP contribution in [0.4, 0.5) is 0 Å². The van der Waals surface area contributed by atoms with Crippen LogP contribution < -0.4 is 0 Å². The summed E-state index contributed by atoms with van der Waals surface area (Å²) in [6.07, 6.45) is 0.251. The molecule has 2 rings (SSSR count). The van der Waals surface area contributed by atoms with Gasteiger partial charge in [0.25, 0.3) is 0 Å². The van der Waals surface area contributed by atoms with Crippen molar-refractivity contribution in [2.75, 3.05) is 52.5 Å². The lowest BCUT2D eigenvalue weighted by molar-refractivity contribution is -0.170. The van der Waals surface area contributed by atoms with Crippen LogP contribution in [0.2, 0.25) is 0 Å². The second-order valence-corrected chi connectivity index (χ2v) is 6.95. The maximum atomic E-state index is 10.5. The number of rotatable bonds is 7. The van der Waals surface area contributed by atoms with Crippen molar-refractivity contribution in [1.82, 2.24) is 9.80 Å². The summed E-state index contributed by atoms with van der Waals surface area (Å²) in [6.45, 7) is 12.6. The Balaban J connectivity index is 1.68. The van der Waals surface area contributed by atoms with E-state index in [2.05, 4.69) is 23.6 Å². The number of carboxylic acid groups (broad SMARTS) is 1. The van der Waals surface area contributed by atoms with E-state index >= 15 is 0 Å². The lowest BCUT2D eigenvalue weighted by Crippen LogP contribution is -2.64. The molecule has 2 aliphatic heterocycles. The molecule has 2 heterocycles. The molecule has 0 spiro atoms. The highest BCUT2D eigenvalue weighted by molar-refractivity contribution is 5.68. The molecular formula is C15H28N2O4. The topological polar surface area (TPSA) is 62.2 Å². The molecule has 6 heteroatoms. The van der Waals surface area contributed by atoms with Crippen molar-refractivity contribution in [2.24, 2.45) is 5.92 Å². The van der Waals surface area contributed by atoms with Crippen molar-refractivity contribution >= 4 is 5.97 Å². The van der Waals surface area contributed by atoms with Crippen LogP contribution in [0.25, 0.3) is 0 Å². The first-order valence-electron chi connectivity index (χ1n) is 7.78. The number of carbonyl (C=O) groups is 1. The Morgan fingerprint density at radius 1 is 1.43 bits per heavy atom. The Labute approximate surface area is 127 Å². The minimum absolute atomic E-state index is 0.216. The molecule has 0 aromatic rings. The van der Waals surface area contributed by atoms with Crippen LogP contribution >= 0.6 is 0 Å². The zero-order valence-electron chi connectivity index (χ0n) is 13.4. The maximum Gasteiger partial charge on any atom is 0.329 e. The molecule has 6 nitrogen and oxygen atoms in total. The van der Waals surface area contributed by atoms with E-state index in [0.29, 0.717) is 5.92 Å². The average molecular weight is 300 g/mol.